The summed E-state index contributed by atoms with van der Waals surface area (Å²) in [6.45, 7) is 1.59. The summed E-state index contributed by atoms with van der Waals surface area (Å²) in [5.74, 6) is 0.166. The highest BCUT2D eigenvalue weighted by molar-refractivity contribution is 5.86. The smallest absolute Gasteiger partial charge is 0.242 e. The van der Waals surface area contributed by atoms with Gasteiger partial charge in [-0.25, -0.2) is 0 Å². The molecule has 0 aromatic heterocycles. The lowest BCUT2D eigenvalue weighted by molar-refractivity contribution is -0.136. The first-order chi connectivity index (χ1) is 6.72. The van der Waals surface area contributed by atoms with Gasteiger partial charge in [0.05, 0.1) is 5.54 Å². The van der Waals surface area contributed by atoms with Crippen molar-refractivity contribution < 1.29 is 4.79 Å². The van der Waals surface area contributed by atoms with Crippen LogP contribution in [0.4, 0.5) is 0 Å². The molecule has 0 unspecified atom stereocenters. The summed E-state index contributed by atoms with van der Waals surface area (Å²) in [6.07, 6.45) is 9.10. The maximum absolute atomic E-state index is 12.1. The van der Waals surface area contributed by atoms with Crippen molar-refractivity contribution in [2.45, 2.75) is 37.6 Å². The first-order valence-electron chi connectivity index (χ1n) is 5.46. The minimum Gasteiger partial charge on any atom is -0.337 e. The van der Waals surface area contributed by atoms with Crippen LogP contribution in [0.3, 0.4) is 0 Å². The van der Waals surface area contributed by atoms with Crippen molar-refractivity contribution in [3.05, 3.63) is 12.2 Å². The lowest BCUT2D eigenvalue weighted by atomic mass is 9.96. The quantitative estimate of drug-likeness (QED) is 0.634. The standard InChI is InChI=1S/C11H18N2O/c12-11(6-2-3-7-11)10(14)13-8-4-1-5-9-13/h1,4H,2-3,5-9,12H2. The van der Waals surface area contributed by atoms with Gasteiger partial charge in [0.1, 0.15) is 0 Å². The van der Waals surface area contributed by atoms with Crippen LogP contribution in [0.5, 0.6) is 0 Å². The molecule has 2 aliphatic rings. The second-order valence-corrected chi connectivity index (χ2v) is 4.37. The monoisotopic (exact) mass is 194 g/mol. The van der Waals surface area contributed by atoms with E-state index in [1.165, 1.54) is 0 Å². The van der Waals surface area contributed by atoms with Crippen LogP contribution < -0.4 is 5.73 Å². The van der Waals surface area contributed by atoms with Gasteiger partial charge in [0.15, 0.2) is 0 Å². The Morgan fingerprint density at radius 3 is 2.57 bits per heavy atom. The normalized spacial score (nSPS) is 25.4. The van der Waals surface area contributed by atoms with Crippen molar-refractivity contribution in [2.75, 3.05) is 13.1 Å². The SMILES string of the molecule is NC1(C(=O)N2CC=CCC2)CCCC1. The molecule has 1 heterocycles. The molecule has 1 fully saturated rings. The van der Waals surface area contributed by atoms with Gasteiger partial charge in [-0.1, -0.05) is 25.0 Å². The number of nitrogens with two attached hydrogens (primary N) is 1. The van der Waals surface area contributed by atoms with E-state index in [1.54, 1.807) is 0 Å². The van der Waals surface area contributed by atoms with E-state index in [4.69, 9.17) is 5.73 Å². The minimum absolute atomic E-state index is 0.166. The fourth-order valence-corrected chi connectivity index (χ4v) is 2.36. The molecule has 3 heteroatoms. The summed E-state index contributed by atoms with van der Waals surface area (Å²) in [5.41, 5.74) is 5.58. The van der Waals surface area contributed by atoms with Crippen molar-refractivity contribution in [3.8, 4) is 0 Å². The molecule has 0 aromatic rings. The van der Waals surface area contributed by atoms with E-state index >= 15 is 0 Å². The fraction of sp³-hybridized carbons (Fsp3) is 0.727. The fourth-order valence-electron chi connectivity index (χ4n) is 2.36. The van der Waals surface area contributed by atoms with Gasteiger partial charge in [-0.05, 0) is 19.3 Å². The topological polar surface area (TPSA) is 46.3 Å². The zero-order chi connectivity index (χ0) is 10.0. The Kier molecular flexibility index (Phi) is 2.59. The highest BCUT2D eigenvalue weighted by Gasteiger charge is 2.39. The van der Waals surface area contributed by atoms with Gasteiger partial charge >= 0.3 is 0 Å². The highest BCUT2D eigenvalue weighted by atomic mass is 16.2. The molecule has 0 spiro atoms. The van der Waals surface area contributed by atoms with E-state index in [2.05, 4.69) is 12.2 Å². The number of amides is 1. The first-order valence-corrected chi connectivity index (χ1v) is 5.46. The average molecular weight is 194 g/mol. The molecule has 14 heavy (non-hydrogen) atoms. The summed E-state index contributed by atoms with van der Waals surface area (Å²) in [5, 5.41) is 0. The Labute approximate surface area is 84.9 Å². The van der Waals surface area contributed by atoms with E-state index in [1.807, 2.05) is 4.90 Å². The summed E-state index contributed by atoms with van der Waals surface area (Å²) in [4.78, 5) is 14.0. The van der Waals surface area contributed by atoms with Crippen LogP contribution in [0.25, 0.3) is 0 Å². The van der Waals surface area contributed by atoms with Gasteiger partial charge in [-0.3, -0.25) is 4.79 Å². The Morgan fingerprint density at radius 1 is 1.29 bits per heavy atom. The lowest BCUT2D eigenvalue weighted by Crippen LogP contribution is -2.54. The van der Waals surface area contributed by atoms with Gasteiger partial charge in [0.25, 0.3) is 0 Å². The molecule has 2 rings (SSSR count). The van der Waals surface area contributed by atoms with Crippen molar-refractivity contribution >= 4 is 5.91 Å². The molecule has 0 aromatic carbocycles. The van der Waals surface area contributed by atoms with Gasteiger partial charge in [0, 0.05) is 13.1 Å². The van der Waals surface area contributed by atoms with Crippen LogP contribution in [-0.2, 0) is 4.79 Å². The van der Waals surface area contributed by atoms with Gasteiger partial charge in [-0.15, -0.1) is 0 Å². The second-order valence-electron chi connectivity index (χ2n) is 4.37. The zero-order valence-electron chi connectivity index (χ0n) is 8.54. The van der Waals surface area contributed by atoms with Crippen molar-refractivity contribution in [1.29, 1.82) is 0 Å². The van der Waals surface area contributed by atoms with Gasteiger partial charge in [-0.2, -0.15) is 0 Å². The summed E-state index contributed by atoms with van der Waals surface area (Å²) < 4.78 is 0. The van der Waals surface area contributed by atoms with Crippen molar-refractivity contribution in [3.63, 3.8) is 0 Å². The Morgan fingerprint density at radius 2 is 2.00 bits per heavy atom. The molecule has 0 saturated heterocycles. The second kappa shape index (κ2) is 3.73. The Bertz CT molecular complexity index is 254. The maximum Gasteiger partial charge on any atom is 0.242 e. The molecule has 2 N–H and O–H groups in total. The summed E-state index contributed by atoms with van der Waals surface area (Å²) in [7, 11) is 0. The summed E-state index contributed by atoms with van der Waals surface area (Å²) >= 11 is 0. The molecule has 0 radical (unpaired) electrons. The van der Waals surface area contributed by atoms with Gasteiger partial charge < -0.3 is 10.6 Å². The van der Waals surface area contributed by atoms with Crippen LogP contribution in [0.1, 0.15) is 32.1 Å². The largest absolute Gasteiger partial charge is 0.337 e. The number of hydrogen-bond acceptors (Lipinski definition) is 2. The first kappa shape index (κ1) is 9.71. The molecular formula is C11H18N2O. The molecule has 1 aliphatic heterocycles. The number of carbonyl (C=O) groups excluding carboxylic acids is 1. The van der Waals surface area contributed by atoms with Crippen molar-refractivity contribution in [1.82, 2.24) is 4.90 Å². The van der Waals surface area contributed by atoms with E-state index < -0.39 is 5.54 Å². The predicted octanol–water partition coefficient (Wildman–Crippen LogP) is 1.05. The van der Waals surface area contributed by atoms with Crippen LogP contribution in [0.15, 0.2) is 12.2 Å². The van der Waals surface area contributed by atoms with Crippen molar-refractivity contribution in [2.24, 2.45) is 5.73 Å². The molecule has 3 nitrogen and oxygen atoms in total. The number of nitrogens with zero attached hydrogens (tertiary/aromatic N) is 1. The minimum atomic E-state index is -0.537. The maximum atomic E-state index is 12.1. The van der Waals surface area contributed by atoms with E-state index in [9.17, 15) is 4.79 Å². The lowest BCUT2D eigenvalue weighted by Gasteiger charge is -2.32. The molecule has 1 saturated carbocycles. The molecule has 0 atom stereocenters. The number of hydrogen-bond donors (Lipinski definition) is 1. The zero-order valence-corrected chi connectivity index (χ0v) is 8.54. The molecular weight excluding hydrogens is 176 g/mol. The van der Waals surface area contributed by atoms with E-state index in [-0.39, 0.29) is 5.91 Å². The summed E-state index contributed by atoms with van der Waals surface area (Å²) in [6, 6.07) is 0. The molecule has 78 valence electrons. The van der Waals surface area contributed by atoms with E-state index in [0.717, 1.165) is 45.2 Å². The third-order valence-corrected chi connectivity index (χ3v) is 3.27. The molecule has 1 aliphatic carbocycles. The van der Waals surface area contributed by atoms with Gasteiger partial charge in [0.2, 0.25) is 5.91 Å². The third kappa shape index (κ3) is 1.69. The van der Waals surface area contributed by atoms with E-state index in [0.29, 0.717) is 0 Å². The Balaban J connectivity index is 2.03. The number of carbonyl (C=O) groups is 1. The van der Waals surface area contributed by atoms with Crippen LogP contribution in [0, 0.1) is 0 Å². The van der Waals surface area contributed by atoms with Crippen LogP contribution in [0.2, 0.25) is 0 Å². The van der Waals surface area contributed by atoms with Crippen LogP contribution >= 0.6 is 0 Å². The predicted molar refractivity (Wildman–Crippen MR) is 55.7 cm³/mol. The number of rotatable bonds is 1. The third-order valence-electron chi connectivity index (χ3n) is 3.27. The molecule has 0 bridgehead atoms. The van der Waals surface area contributed by atoms with Crippen LogP contribution in [-0.4, -0.2) is 29.4 Å². The molecule has 1 amide bonds. The Hall–Kier alpha value is -0.830. The highest BCUT2D eigenvalue weighted by Crippen LogP contribution is 2.29. The average Bonchev–Trinajstić information content (AvgIpc) is 2.67.